The molecular weight excluding hydrogens is 402 g/mol. The van der Waals surface area contributed by atoms with E-state index in [1.54, 1.807) is 6.07 Å². The molecule has 0 unspecified atom stereocenters. The van der Waals surface area contributed by atoms with E-state index in [0.29, 0.717) is 18.1 Å². The number of aromatic amines is 1. The number of para-hydroxylation sites is 1. The van der Waals surface area contributed by atoms with Gasteiger partial charge in [0.05, 0.1) is 17.8 Å². The number of nitrogens with zero attached hydrogens (tertiary/aromatic N) is 4. The first-order valence-corrected chi connectivity index (χ1v) is 11.2. The molecule has 32 heavy (non-hydrogen) atoms. The number of hydrogen-bond donors (Lipinski definition) is 1. The molecule has 1 fully saturated rings. The van der Waals surface area contributed by atoms with Crippen molar-refractivity contribution in [2.24, 2.45) is 0 Å². The Morgan fingerprint density at radius 3 is 2.66 bits per heavy atom. The molecule has 0 amide bonds. The van der Waals surface area contributed by atoms with Gasteiger partial charge in [0.2, 0.25) is 11.4 Å². The van der Waals surface area contributed by atoms with Crippen molar-refractivity contribution in [1.82, 2.24) is 19.9 Å². The van der Waals surface area contributed by atoms with Crippen molar-refractivity contribution in [2.45, 2.75) is 12.8 Å². The third kappa shape index (κ3) is 4.57. The molecule has 0 bridgehead atoms. The van der Waals surface area contributed by atoms with Crippen LogP contribution in [0.5, 0.6) is 5.88 Å². The van der Waals surface area contributed by atoms with Crippen LogP contribution in [0.4, 0.5) is 5.69 Å². The summed E-state index contributed by atoms with van der Waals surface area (Å²) in [5.41, 5.74) is 2.74. The van der Waals surface area contributed by atoms with Crippen LogP contribution < -0.4 is 15.2 Å². The third-order valence-corrected chi connectivity index (χ3v) is 6.00. The number of rotatable bonds is 7. The Morgan fingerprint density at radius 1 is 0.906 bits per heavy atom. The summed E-state index contributed by atoms with van der Waals surface area (Å²) < 4.78 is 5.79. The van der Waals surface area contributed by atoms with Gasteiger partial charge in [0.25, 0.3) is 0 Å². The Kier molecular flexibility index (Phi) is 5.98. The first kappa shape index (κ1) is 20.5. The van der Waals surface area contributed by atoms with E-state index in [-0.39, 0.29) is 5.56 Å². The molecule has 0 radical (unpaired) electrons. The van der Waals surface area contributed by atoms with Crippen molar-refractivity contribution >= 4 is 27.6 Å². The molecule has 0 atom stereocenters. The molecule has 1 aliphatic heterocycles. The number of anilines is 1. The fourth-order valence-corrected chi connectivity index (χ4v) is 4.26. The van der Waals surface area contributed by atoms with Gasteiger partial charge in [-0.3, -0.25) is 14.7 Å². The van der Waals surface area contributed by atoms with E-state index in [4.69, 9.17) is 4.74 Å². The molecule has 7 heteroatoms. The van der Waals surface area contributed by atoms with Crippen molar-refractivity contribution in [2.75, 3.05) is 44.2 Å². The number of benzene rings is 1. The summed E-state index contributed by atoms with van der Waals surface area (Å²) >= 11 is 0. The van der Waals surface area contributed by atoms with Gasteiger partial charge in [-0.15, -0.1) is 0 Å². The lowest BCUT2D eigenvalue weighted by atomic mass is 10.1. The molecule has 1 N–H and O–H groups in total. The zero-order chi connectivity index (χ0) is 21.8. The maximum atomic E-state index is 11.5. The van der Waals surface area contributed by atoms with Crippen molar-refractivity contribution in [3.05, 3.63) is 71.1 Å². The molecule has 0 aliphatic carbocycles. The van der Waals surface area contributed by atoms with Crippen LogP contribution in [-0.4, -0.2) is 59.2 Å². The normalized spacial score (nSPS) is 14.8. The lowest BCUT2D eigenvalue weighted by Gasteiger charge is -2.36. The third-order valence-electron chi connectivity index (χ3n) is 6.00. The van der Waals surface area contributed by atoms with Crippen molar-refractivity contribution in [1.29, 1.82) is 0 Å². The van der Waals surface area contributed by atoms with Gasteiger partial charge in [-0.05, 0) is 43.7 Å². The van der Waals surface area contributed by atoms with Crippen molar-refractivity contribution < 1.29 is 4.74 Å². The number of fused-ring (bicyclic) bond motifs is 2. The monoisotopic (exact) mass is 429 g/mol. The maximum Gasteiger partial charge on any atom is 0.249 e. The van der Waals surface area contributed by atoms with Crippen molar-refractivity contribution in [3.8, 4) is 5.88 Å². The number of H-pyrrole nitrogens is 1. The highest BCUT2D eigenvalue weighted by Crippen LogP contribution is 2.25. The quantitative estimate of drug-likeness (QED) is 0.454. The summed E-state index contributed by atoms with van der Waals surface area (Å²) in [7, 11) is 0. The average Bonchev–Trinajstić information content (AvgIpc) is 2.83. The lowest BCUT2D eigenvalue weighted by Crippen LogP contribution is -2.46. The van der Waals surface area contributed by atoms with Crippen LogP contribution in [0.25, 0.3) is 21.9 Å². The van der Waals surface area contributed by atoms with E-state index >= 15 is 0 Å². The van der Waals surface area contributed by atoms with Gasteiger partial charge < -0.3 is 14.6 Å². The Hall–Kier alpha value is -3.45. The fourth-order valence-electron chi connectivity index (χ4n) is 4.26. The number of piperazine rings is 1. The SMILES string of the molecule is O=c1ccc2ccc(OCCCCN3CCN(c4cccc5cccnc45)CC3)nc2[nH]1. The Bertz CT molecular complexity index is 1260. The minimum atomic E-state index is -0.154. The topological polar surface area (TPSA) is 74.3 Å². The Balaban J connectivity index is 1.06. The summed E-state index contributed by atoms with van der Waals surface area (Å²) in [6, 6.07) is 17.6. The highest BCUT2D eigenvalue weighted by atomic mass is 16.5. The molecule has 5 rings (SSSR count). The van der Waals surface area contributed by atoms with Gasteiger partial charge in [-0.2, -0.15) is 4.98 Å². The smallest absolute Gasteiger partial charge is 0.249 e. The highest BCUT2D eigenvalue weighted by molar-refractivity contribution is 5.90. The molecule has 4 aromatic rings. The van der Waals surface area contributed by atoms with Gasteiger partial charge in [-0.1, -0.05) is 18.2 Å². The second kappa shape index (κ2) is 9.36. The standard InChI is InChI=1S/C25H27N5O2/c31-22-10-8-20-9-11-23(28-25(20)27-22)32-18-2-1-13-29-14-16-30(17-15-29)21-7-3-5-19-6-4-12-26-24(19)21/h3-12H,1-2,13-18H2,(H,27,28,31). The Labute approximate surface area is 186 Å². The van der Waals surface area contributed by atoms with Crippen LogP contribution in [0.2, 0.25) is 0 Å². The minimum absolute atomic E-state index is 0.154. The average molecular weight is 430 g/mol. The van der Waals surface area contributed by atoms with Crippen LogP contribution in [-0.2, 0) is 0 Å². The molecule has 164 valence electrons. The molecule has 4 heterocycles. The van der Waals surface area contributed by atoms with E-state index in [2.05, 4.69) is 49.0 Å². The molecule has 3 aromatic heterocycles. The lowest BCUT2D eigenvalue weighted by molar-refractivity contribution is 0.237. The van der Waals surface area contributed by atoms with Crippen LogP contribution in [0.15, 0.2) is 65.6 Å². The predicted octanol–water partition coefficient (Wildman–Crippen LogP) is 3.45. The maximum absolute atomic E-state index is 11.5. The number of pyridine rings is 3. The van der Waals surface area contributed by atoms with Gasteiger partial charge >= 0.3 is 0 Å². The van der Waals surface area contributed by atoms with Gasteiger partial charge in [0.1, 0.15) is 5.65 Å². The summed E-state index contributed by atoms with van der Waals surface area (Å²) in [6.07, 6.45) is 3.93. The van der Waals surface area contributed by atoms with Gasteiger partial charge in [0, 0.05) is 55.3 Å². The largest absolute Gasteiger partial charge is 0.478 e. The first-order valence-electron chi connectivity index (χ1n) is 11.2. The molecule has 1 aliphatic rings. The van der Waals surface area contributed by atoms with E-state index in [1.807, 2.05) is 24.4 Å². The molecule has 0 saturated carbocycles. The van der Waals surface area contributed by atoms with Gasteiger partial charge in [-0.25, -0.2) is 0 Å². The summed E-state index contributed by atoms with van der Waals surface area (Å²) in [6.45, 7) is 5.85. The van der Waals surface area contributed by atoms with E-state index in [0.717, 1.165) is 56.5 Å². The zero-order valence-electron chi connectivity index (χ0n) is 18.0. The van der Waals surface area contributed by atoms with E-state index in [1.165, 1.54) is 17.1 Å². The fraction of sp³-hybridized carbons (Fsp3) is 0.320. The second-order valence-electron chi connectivity index (χ2n) is 8.15. The molecule has 0 spiro atoms. The Morgan fingerprint density at radius 2 is 1.75 bits per heavy atom. The zero-order valence-corrected chi connectivity index (χ0v) is 18.0. The number of ether oxygens (including phenoxy) is 1. The molecule has 7 nitrogen and oxygen atoms in total. The minimum Gasteiger partial charge on any atom is -0.478 e. The second-order valence-corrected chi connectivity index (χ2v) is 8.15. The van der Waals surface area contributed by atoms with Crippen LogP contribution in [0.1, 0.15) is 12.8 Å². The first-order chi connectivity index (χ1) is 15.8. The van der Waals surface area contributed by atoms with Crippen molar-refractivity contribution in [3.63, 3.8) is 0 Å². The predicted molar refractivity (Wildman–Crippen MR) is 127 cm³/mol. The molecule has 1 saturated heterocycles. The van der Waals surface area contributed by atoms with Crippen LogP contribution >= 0.6 is 0 Å². The number of nitrogens with one attached hydrogen (secondary N) is 1. The van der Waals surface area contributed by atoms with Gasteiger partial charge in [0.15, 0.2) is 0 Å². The van der Waals surface area contributed by atoms with Crippen LogP contribution in [0.3, 0.4) is 0 Å². The molecular formula is C25H27N5O2. The number of unbranched alkanes of at least 4 members (excludes halogenated alkanes) is 1. The number of hydrogen-bond acceptors (Lipinski definition) is 6. The summed E-state index contributed by atoms with van der Waals surface area (Å²) in [4.78, 5) is 28.1. The van der Waals surface area contributed by atoms with Crippen LogP contribution in [0, 0.1) is 0 Å². The summed E-state index contributed by atoms with van der Waals surface area (Å²) in [5, 5.41) is 2.09. The summed E-state index contributed by atoms with van der Waals surface area (Å²) in [5.74, 6) is 0.552. The highest BCUT2D eigenvalue weighted by Gasteiger charge is 2.18. The van der Waals surface area contributed by atoms with E-state index < -0.39 is 0 Å². The van der Waals surface area contributed by atoms with E-state index in [9.17, 15) is 4.79 Å². The number of aromatic nitrogens is 3. The molecule has 1 aromatic carbocycles.